The zero-order valence-corrected chi connectivity index (χ0v) is 8.22. The molecule has 1 fully saturated rings. The highest BCUT2D eigenvalue weighted by Crippen LogP contribution is 2.11. The molecular weight excluding hydrogens is 154 g/mol. The molecule has 0 aliphatic carbocycles. The van der Waals surface area contributed by atoms with Crippen LogP contribution in [0.15, 0.2) is 0 Å². The highest BCUT2D eigenvalue weighted by atomic mass is 16.7. The van der Waals surface area contributed by atoms with Crippen LogP contribution in [0.2, 0.25) is 0 Å². The zero-order chi connectivity index (χ0) is 9.03. The monoisotopic (exact) mass is 173 g/mol. The predicted molar refractivity (Wildman–Crippen MR) is 47.8 cm³/mol. The second-order valence-corrected chi connectivity index (χ2v) is 4.29. The van der Waals surface area contributed by atoms with Gasteiger partial charge in [-0.25, -0.2) is 5.48 Å². The SMILES string of the molecule is CC(C)(C)ONCC1CCOC1. The van der Waals surface area contributed by atoms with Gasteiger partial charge in [-0.2, -0.15) is 0 Å². The summed E-state index contributed by atoms with van der Waals surface area (Å²) in [5.74, 6) is 0.632. The summed E-state index contributed by atoms with van der Waals surface area (Å²) in [6, 6.07) is 0. The Hall–Kier alpha value is -0.120. The maximum atomic E-state index is 5.39. The standard InChI is InChI=1S/C9H19NO2/c1-9(2,3)12-10-6-8-4-5-11-7-8/h8,10H,4-7H2,1-3H3. The number of ether oxygens (including phenoxy) is 1. The van der Waals surface area contributed by atoms with Gasteiger partial charge < -0.3 is 4.74 Å². The Morgan fingerprint density at radius 1 is 1.50 bits per heavy atom. The zero-order valence-electron chi connectivity index (χ0n) is 8.22. The fraction of sp³-hybridized carbons (Fsp3) is 1.00. The van der Waals surface area contributed by atoms with Crippen molar-refractivity contribution in [3.8, 4) is 0 Å². The van der Waals surface area contributed by atoms with Gasteiger partial charge in [0.25, 0.3) is 0 Å². The van der Waals surface area contributed by atoms with Crippen molar-refractivity contribution in [3.05, 3.63) is 0 Å². The van der Waals surface area contributed by atoms with Crippen LogP contribution in [0.4, 0.5) is 0 Å². The van der Waals surface area contributed by atoms with Crippen molar-refractivity contribution < 1.29 is 9.57 Å². The van der Waals surface area contributed by atoms with E-state index in [1.165, 1.54) is 0 Å². The van der Waals surface area contributed by atoms with E-state index < -0.39 is 0 Å². The van der Waals surface area contributed by atoms with E-state index in [-0.39, 0.29) is 5.60 Å². The fourth-order valence-electron chi connectivity index (χ4n) is 1.12. The number of hydrogen-bond donors (Lipinski definition) is 1. The molecule has 3 heteroatoms. The molecule has 0 amide bonds. The van der Waals surface area contributed by atoms with Gasteiger partial charge in [-0.15, -0.1) is 0 Å². The predicted octanol–water partition coefficient (Wildman–Crippen LogP) is 1.34. The van der Waals surface area contributed by atoms with E-state index in [1.54, 1.807) is 0 Å². The minimum absolute atomic E-state index is 0.0978. The molecule has 0 bridgehead atoms. The molecule has 0 spiro atoms. The Kier molecular flexibility index (Phi) is 3.50. The van der Waals surface area contributed by atoms with Gasteiger partial charge in [-0.1, -0.05) is 0 Å². The number of nitrogens with one attached hydrogen (secondary N) is 1. The summed E-state index contributed by atoms with van der Waals surface area (Å²) < 4.78 is 5.24. The molecule has 72 valence electrons. The largest absolute Gasteiger partial charge is 0.381 e. The van der Waals surface area contributed by atoms with Gasteiger partial charge in [0.1, 0.15) is 0 Å². The molecule has 0 radical (unpaired) electrons. The topological polar surface area (TPSA) is 30.5 Å². The maximum Gasteiger partial charge on any atom is 0.0812 e. The van der Waals surface area contributed by atoms with Crippen LogP contribution in [0.1, 0.15) is 27.2 Å². The maximum absolute atomic E-state index is 5.39. The first-order valence-corrected chi connectivity index (χ1v) is 4.56. The lowest BCUT2D eigenvalue weighted by Gasteiger charge is -2.20. The van der Waals surface area contributed by atoms with E-state index in [2.05, 4.69) is 5.48 Å². The smallest absolute Gasteiger partial charge is 0.0812 e. The molecule has 1 aliphatic heterocycles. The normalized spacial score (nSPS) is 24.8. The van der Waals surface area contributed by atoms with E-state index >= 15 is 0 Å². The van der Waals surface area contributed by atoms with Crippen molar-refractivity contribution >= 4 is 0 Å². The van der Waals surface area contributed by atoms with Crippen LogP contribution < -0.4 is 5.48 Å². The van der Waals surface area contributed by atoms with E-state index in [0.717, 1.165) is 26.2 Å². The molecule has 0 aromatic rings. The van der Waals surface area contributed by atoms with Crippen LogP contribution in [-0.2, 0) is 9.57 Å². The third-order valence-electron chi connectivity index (χ3n) is 1.77. The minimum Gasteiger partial charge on any atom is -0.381 e. The second kappa shape index (κ2) is 4.21. The summed E-state index contributed by atoms with van der Waals surface area (Å²) in [5, 5.41) is 0. The minimum atomic E-state index is -0.0978. The van der Waals surface area contributed by atoms with Crippen molar-refractivity contribution in [1.82, 2.24) is 5.48 Å². The third-order valence-corrected chi connectivity index (χ3v) is 1.77. The van der Waals surface area contributed by atoms with Gasteiger partial charge >= 0.3 is 0 Å². The van der Waals surface area contributed by atoms with Crippen molar-refractivity contribution in [2.75, 3.05) is 19.8 Å². The Morgan fingerprint density at radius 3 is 2.75 bits per heavy atom. The summed E-state index contributed by atoms with van der Waals surface area (Å²) in [6.07, 6.45) is 1.15. The van der Waals surface area contributed by atoms with Crippen LogP contribution >= 0.6 is 0 Å². The lowest BCUT2D eigenvalue weighted by Crippen LogP contribution is -2.32. The molecule has 1 aliphatic rings. The first kappa shape index (κ1) is 9.96. The second-order valence-electron chi connectivity index (χ2n) is 4.29. The summed E-state index contributed by atoms with van der Waals surface area (Å²) >= 11 is 0. The first-order chi connectivity index (χ1) is 5.58. The molecule has 1 rings (SSSR count). The molecule has 1 saturated heterocycles. The fourth-order valence-corrected chi connectivity index (χ4v) is 1.12. The molecule has 0 aromatic carbocycles. The number of hydroxylamine groups is 1. The van der Waals surface area contributed by atoms with E-state index in [4.69, 9.17) is 9.57 Å². The molecular formula is C9H19NO2. The summed E-state index contributed by atoms with van der Waals surface area (Å²) in [7, 11) is 0. The van der Waals surface area contributed by atoms with Gasteiger partial charge in [-0.3, -0.25) is 4.84 Å². The van der Waals surface area contributed by atoms with Crippen LogP contribution in [0, 0.1) is 5.92 Å². The summed E-state index contributed by atoms with van der Waals surface area (Å²) in [5.41, 5.74) is 2.89. The highest BCUT2D eigenvalue weighted by Gasteiger charge is 2.16. The molecule has 1 N–H and O–H groups in total. The Bertz CT molecular complexity index is 125. The van der Waals surface area contributed by atoms with Gasteiger partial charge in [0.05, 0.1) is 12.2 Å². The van der Waals surface area contributed by atoms with Crippen molar-refractivity contribution in [1.29, 1.82) is 0 Å². The Labute approximate surface area is 74.4 Å². The van der Waals surface area contributed by atoms with Crippen LogP contribution in [0.25, 0.3) is 0 Å². The van der Waals surface area contributed by atoms with Crippen molar-refractivity contribution in [2.24, 2.45) is 5.92 Å². The molecule has 1 unspecified atom stereocenters. The Balaban J connectivity index is 2.02. The van der Waals surface area contributed by atoms with Crippen molar-refractivity contribution in [2.45, 2.75) is 32.8 Å². The van der Waals surface area contributed by atoms with Gasteiger partial charge in [-0.05, 0) is 33.1 Å². The molecule has 12 heavy (non-hydrogen) atoms. The molecule has 1 heterocycles. The average molecular weight is 173 g/mol. The van der Waals surface area contributed by atoms with E-state index in [9.17, 15) is 0 Å². The average Bonchev–Trinajstić information content (AvgIpc) is 2.36. The highest BCUT2D eigenvalue weighted by molar-refractivity contribution is 4.65. The van der Waals surface area contributed by atoms with Gasteiger partial charge in [0.15, 0.2) is 0 Å². The Morgan fingerprint density at radius 2 is 2.25 bits per heavy atom. The van der Waals surface area contributed by atoms with E-state index in [0.29, 0.717) is 5.92 Å². The lowest BCUT2D eigenvalue weighted by molar-refractivity contribution is -0.0770. The van der Waals surface area contributed by atoms with Crippen LogP contribution in [0.5, 0.6) is 0 Å². The molecule has 3 nitrogen and oxygen atoms in total. The quantitative estimate of drug-likeness (QED) is 0.653. The van der Waals surface area contributed by atoms with Crippen molar-refractivity contribution in [3.63, 3.8) is 0 Å². The third kappa shape index (κ3) is 4.04. The summed E-state index contributed by atoms with van der Waals surface area (Å²) in [4.78, 5) is 5.39. The molecule has 0 saturated carbocycles. The van der Waals surface area contributed by atoms with Crippen LogP contribution in [0.3, 0.4) is 0 Å². The van der Waals surface area contributed by atoms with Gasteiger partial charge in [0, 0.05) is 13.2 Å². The molecule has 1 atom stereocenters. The number of hydrogen-bond acceptors (Lipinski definition) is 3. The first-order valence-electron chi connectivity index (χ1n) is 4.56. The van der Waals surface area contributed by atoms with Crippen LogP contribution in [-0.4, -0.2) is 25.4 Å². The molecule has 0 aromatic heterocycles. The summed E-state index contributed by atoms with van der Waals surface area (Å²) in [6.45, 7) is 8.78. The van der Waals surface area contributed by atoms with E-state index in [1.807, 2.05) is 20.8 Å². The number of rotatable bonds is 3. The van der Waals surface area contributed by atoms with Gasteiger partial charge in [0.2, 0.25) is 0 Å². The lowest BCUT2D eigenvalue weighted by atomic mass is 10.1.